The zero-order valence-corrected chi connectivity index (χ0v) is 19.9. The third-order valence-corrected chi connectivity index (χ3v) is 5.42. The molecule has 0 aromatic heterocycles. The van der Waals surface area contributed by atoms with E-state index in [1.54, 1.807) is 4.90 Å². The maximum atomic E-state index is 13.2. The van der Waals surface area contributed by atoms with Gasteiger partial charge in [-0.3, -0.25) is 9.59 Å². The van der Waals surface area contributed by atoms with E-state index < -0.39 is 6.04 Å². The zero-order valence-electron chi connectivity index (χ0n) is 19.9. The van der Waals surface area contributed by atoms with Crippen molar-refractivity contribution in [2.75, 3.05) is 6.54 Å². The zero-order chi connectivity index (χ0) is 23.0. The molecule has 0 heterocycles. The van der Waals surface area contributed by atoms with E-state index in [1.165, 1.54) is 5.56 Å². The largest absolute Gasteiger partial charge is 0.350 e. The van der Waals surface area contributed by atoms with Gasteiger partial charge >= 0.3 is 0 Å². The monoisotopic (exact) mass is 422 g/mol. The van der Waals surface area contributed by atoms with Gasteiger partial charge in [0.1, 0.15) is 6.04 Å². The molecule has 0 fully saturated rings. The molecule has 0 unspecified atom stereocenters. The van der Waals surface area contributed by atoms with Crippen LogP contribution in [-0.4, -0.2) is 34.8 Å². The van der Waals surface area contributed by atoms with Crippen molar-refractivity contribution >= 4 is 11.8 Å². The van der Waals surface area contributed by atoms with Crippen molar-refractivity contribution in [1.82, 2.24) is 10.2 Å². The normalized spacial score (nSPS) is 12.5. The minimum absolute atomic E-state index is 0.0143. The lowest BCUT2D eigenvalue weighted by Gasteiger charge is -2.31. The Balaban J connectivity index is 2.07. The van der Waals surface area contributed by atoms with Gasteiger partial charge in [-0.15, -0.1) is 0 Å². The summed E-state index contributed by atoms with van der Waals surface area (Å²) in [5.41, 5.74) is 3.27. The highest BCUT2D eigenvalue weighted by molar-refractivity contribution is 5.87. The van der Waals surface area contributed by atoms with Crippen molar-refractivity contribution < 1.29 is 9.59 Å². The van der Waals surface area contributed by atoms with Crippen molar-refractivity contribution in [2.24, 2.45) is 0 Å². The smallest absolute Gasteiger partial charge is 0.242 e. The third kappa shape index (κ3) is 8.20. The molecule has 2 amide bonds. The van der Waals surface area contributed by atoms with Gasteiger partial charge in [0.05, 0.1) is 0 Å². The summed E-state index contributed by atoms with van der Waals surface area (Å²) in [5.74, 6) is 0.391. The Labute approximate surface area is 188 Å². The number of hydrogen-bond donors (Lipinski definition) is 1. The Morgan fingerprint density at radius 1 is 0.871 bits per heavy atom. The molecular formula is C27H38N2O2. The molecule has 4 nitrogen and oxygen atoms in total. The number of rotatable bonds is 9. The van der Waals surface area contributed by atoms with E-state index in [4.69, 9.17) is 0 Å². The molecule has 0 bridgehead atoms. The van der Waals surface area contributed by atoms with Gasteiger partial charge in [-0.05, 0) is 63.1 Å². The average molecular weight is 423 g/mol. The van der Waals surface area contributed by atoms with E-state index in [0.29, 0.717) is 25.3 Å². The van der Waals surface area contributed by atoms with Gasteiger partial charge in [-0.25, -0.2) is 0 Å². The Hall–Kier alpha value is -2.62. The van der Waals surface area contributed by atoms with Crippen LogP contribution in [0.15, 0.2) is 54.6 Å². The van der Waals surface area contributed by atoms with Crippen molar-refractivity contribution in [3.63, 3.8) is 0 Å². The Morgan fingerprint density at radius 2 is 1.45 bits per heavy atom. The van der Waals surface area contributed by atoms with Crippen molar-refractivity contribution in [1.29, 1.82) is 0 Å². The van der Waals surface area contributed by atoms with E-state index in [2.05, 4.69) is 55.6 Å². The van der Waals surface area contributed by atoms with Crippen LogP contribution in [0.25, 0.3) is 0 Å². The highest BCUT2D eigenvalue weighted by Crippen LogP contribution is 2.16. The predicted molar refractivity (Wildman–Crippen MR) is 128 cm³/mol. The molecule has 2 aromatic carbocycles. The average Bonchev–Trinajstić information content (AvgIpc) is 2.72. The lowest BCUT2D eigenvalue weighted by atomic mass is 10.00. The second-order valence-corrected chi connectivity index (χ2v) is 9.63. The van der Waals surface area contributed by atoms with Crippen molar-refractivity contribution in [3.8, 4) is 0 Å². The van der Waals surface area contributed by atoms with Crippen LogP contribution in [0.1, 0.15) is 70.6 Å². The number of carbonyl (C=O) groups excluding carboxylic acids is 2. The molecule has 0 radical (unpaired) electrons. The number of aryl methyl sites for hydroxylation is 1. The minimum Gasteiger partial charge on any atom is -0.350 e. The van der Waals surface area contributed by atoms with Gasteiger partial charge in [-0.2, -0.15) is 0 Å². The lowest BCUT2D eigenvalue weighted by Crippen LogP contribution is -2.53. The molecule has 0 aliphatic heterocycles. The molecular weight excluding hydrogens is 384 g/mol. The molecule has 31 heavy (non-hydrogen) atoms. The second-order valence-electron chi connectivity index (χ2n) is 9.63. The maximum Gasteiger partial charge on any atom is 0.242 e. The third-order valence-electron chi connectivity index (χ3n) is 5.42. The fourth-order valence-corrected chi connectivity index (χ4v) is 3.51. The molecule has 2 aromatic rings. The SMILES string of the molecule is CC(C)c1ccc(CCC(=O)N(CCc2ccccc2)[C@H](C)C(=O)NC(C)(C)C)cc1. The van der Waals surface area contributed by atoms with Crippen LogP contribution in [0, 0.1) is 0 Å². The van der Waals surface area contributed by atoms with Crippen LogP contribution in [0.5, 0.6) is 0 Å². The van der Waals surface area contributed by atoms with Crippen LogP contribution < -0.4 is 5.32 Å². The van der Waals surface area contributed by atoms with E-state index in [9.17, 15) is 9.59 Å². The first kappa shape index (κ1) is 24.6. The fourth-order valence-electron chi connectivity index (χ4n) is 3.51. The van der Waals surface area contributed by atoms with Crippen LogP contribution in [0.3, 0.4) is 0 Å². The number of nitrogens with one attached hydrogen (secondary N) is 1. The van der Waals surface area contributed by atoms with Gasteiger partial charge < -0.3 is 10.2 Å². The molecule has 0 aliphatic rings. The van der Waals surface area contributed by atoms with Crippen molar-refractivity contribution in [3.05, 3.63) is 71.3 Å². The van der Waals surface area contributed by atoms with Crippen LogP contribution >= 0.6 is 0 Å². The molecule has 0 aliphatic carbocycles. The first-order valence-electron chi connectivity index (χ1n) is 11.3. The van der Waals surface area contributed by atoms with Gasteiger partial charge in [-0.1, -0.05) is 68.4 Å². The van der Waals surface area contributed by atoms with Gasteiger partial charge in [0, 0.05) is 18.5 Å². The summed E-state index contributed by atoms with van der Waals surface area (Å²) in [6, 6.07) is 18.1. The summed E-state index contributed by atoms with van der Waals surface area (Å²) in [6.45, 7) is 12.5. The van der Waals surface area contributed by atoms with Crippen molar-refractivity contribution in [2.45, 2.75) is 78.3 Å². The van der Waals surface area contributed by atoms with E-state index in [-0.39, 0.29) is 17.4 Å². The minimum atomic E-state index is -0.515. The summed E-state index contributed by atoms with van der Waals surface area (Å²) in [4.78, 5) is 27.7. The first-order valence-corrected chi connectivity index (χ1v) is 11.3. The number of nitrogens with zero attached hydrogens (tertiary/aromatic N) is 1. The molecule has 4 heteroatoms. The molecule has 1 atom stereocenters. The highest BCUT2D eigenvalue weighted by Gasteiger charge is 2.27. The van der Waals surface area contributed by atoms with Crippen LogP contribution in [0.4, 0.5) is 0 Å². The molecule has 0 saturated heterocycles. The maximum absolute atomic E-state index is 13.2. The molecule has 0 spiro atoms. The lowest BCUT2D eigenvalue weighted by molar-refractivity contribution is -0.140. The van der Waals surface area contributed by atoms with E-state index >= 15 is 0 Å². The topological polar surface area (TPSA) is 49.4 Å². The number of benzene rings is 2. The Morgan fingerprint density at radius 3 is 2.00 bits per heavy atom. The summed E-state index contributed by atoms with van der Waals surface area (Å²) in [6.07, 6.45) is 1.79. The van der Waals surface area contributed by atoms with E-state index in [0.717, 1.165) is 17.5 Å². The number of amides is 2. The van der Waals surface area contributed by atoms with Crippen LogP contribution in [-0.2, 0) is 22.4 Å². The van der Waals surface area contributed by atoms with Gasteiger partial charge in [0.25, 0.3) is 0 Å². The van der Waals surface area contributed by atoms with Gasteiger partial charge in [0.2, 0.25) is 11.8 Å². The fraction of sp³-hybridized carbons (Fsp3) is 0.481. The van der Waals surface area contributed by atoms with Gasteiger partial charge in [0.15, 0.2) is 0 Å². The molecule has 2 rings (SSSR count). The number of hydrogen-bond acceptors (Lipinski definition) is 2. The summed E-state index contributed by atoms with van der Waals surface area (Å²) in [5, 5.41) is 3.01. The summed E-state index contributed by atoms with van der Waals surface area (Å²) in [7, 11) is 0. The first-order chi connectivity index (χ1) is 14.6. The van der Waals surface area contributed by atoms with Crippen LogP contribution in [0.2, 0.25) is 0 Å². The Kier molecular flexibility index (Phi) is 8.85. The quantitative estimate of drug-likeness (QED) is 0.610. The molecule has 0 saturated carbocycles. The number of carbonyl (C=O) groups is 2. The van der Waals surface area contributed by atoms with E-state index in [1.807, 2.05) is 45.9 Å². The summed E-state index contributed by atoms with van der Waals surface area (Å²) >= 11 is 0. The Bertz CT molecular complexity index is 836. The summed E-state index contributed by atoms with van der Waals surface area (Å²) < 4.78 is 0. The highest BCUT2D eigenvalue weighted by atomic mass is 16.2. The standard InChI is InChI=1S/C27H38N2O2/c1-20(2)24-15-12-23(13-16-24)14-17-25(30)29(19-18-22-10-8-7-9-11-22)21(3)26(31)28-27(4,5)6/h7-13,15-16,20-21H,14,17-19H2,1-6H3,(H,28,31)/t21-/m1/s1. The predicted octanol–water partition coefficient (Wildman–Crippen LogP) is 5.12. The molecule has 1 N–H and O–H groups in total. The second kappa shape index (κ2) is 11.1. The molecule has 168 valence electrons.